The Kier molecular flexibility index (Phi) is 4.88. The van der Waals surface area contributed by atoms with Crippen LogP contribution in [0.5, 0.6) is 5.75 Å². The summed E-state index contributed by atoms with van der Waals surface area (Å²) >= 11 is 5.79. The van der Waals surface area contributed by atoms with E-state index in [1.54, 1.807) is 0 Å². The Morgan fingerprint density at radius 1 is 1.53 bits per heavy atom. The van der Waals surface area contributed by atoms with Crippen LogP contribution < -0.4 is 10.1 Å². The van der Waals surface area contributed by atoms with E-state index in [2.05, 4.69) is 5.32 Å². The quantitative estimate of drug-likeness (QED) is 0.877. The molecular formula is C11H11ClF3NO3. The van der Waals surface area contributed by atoms with Crippen LogP contribution in [0.4, 0.5) is 18.9 Å². The third kappa shape index (κ3) is 4.20. The summed E-state index contributed by atoms with van der Waals surface area (Å²) in [6.45, 7) is -0.776. The van der Waals surface area contributed by atoms with Crippen LogP contribution in [-0.4, -0.2) is 30.9 Å². The fraction of sp³-hybridized carbons (Fsp3) is 0.364. The van der Waals surface area contributed by atoms with Crippen molar-refractivity contribution >= 4 is 23.3 Å². The summed E-state index contributed by atoms with van der Waals surface area (Å²) in [6, 6.07) is 4.27. The van der Waals surface area contributed by atoms with Gasteiger partial charge in [0.05, 0.1) is 12.1 Å². The summed E-state index contributed by atoms with van der Waals surface area (Å²) in [5.41, 5.74) is 0.279. The molecule has 4 nitrogen and oxygen atoms in total. The van der Waals surface area contributed by atoms with Gasteiger partial charge in [-0.3, -0.25) is 4.79 Å². The molecule has 0 aromatic heterocycles. The van der Waals surface area contributed by atoms with Crippen molar-refractivity contribution in [3.05, 3.63) is 23.2 Å². The van der Waals surface area contributed by atoms with Gasteiger partial charge in [0.2, 0.25) is 0 Å². The van der Waals surface area contributed by atoms with Crippen LogP contribution in [0.2, 0.25) is 5.02 Å². The Bertz CT molecular complexity index is 465. The van der Waals surface area contributed by atoms with E-state index in [0.717, 1.165) is 0 Å². The van der Waals surface area contributed by atoms with Gasteiger partial charge in [-0.05, 0) is 18.2 Å². The Hall–Kier alpha value is -1.63. The van der Waals surface area contributed by atoms with E-state index in [1.807, 2.05) is 0 Å². The lowest BCUT2D eigenvalue weighted by molar-refractivity contribution is -0.190. The average molecular weight is 298 g/mol. The largest absolute Gasteiger partial charge is 0.495 e. The molecule has 0 heterocycles. The maximum absolute atomic E-state index is 12.4. The highest BCUT2D eigenvalue weighted by atomic mass is 35.5. The van der Waals surface area contributed by atoms with Gasteiger partial charge in [0.25, 0.3) is 0 Å². The maximum Gasteiger partial charge on any atom is 0.403 e. The van der Waals surface area contributed by atoms with Gasteiger partial charge < -0.3 is 15.2 Å². The van der Waals surface area contributed by atoms with Crippen LogP contribution in [0.15, 0.2) is 18.2 Å². The van der Waals surface area contributed by atoms with E-state index in [9.17, 15) is 18.0 Å². The first kappa shape index (κ1) is 15.4. The van der Waals surface area contributed by atoms with Gasteiger partial charge in [0, 0.05) is 12.2 Å². The molecule has 0 aliphatic rings. The van der Waals surface area contributed by atoms with Crippen LogP contribution in [0.3, 0.4) is 0 Å². The first-order valence-corrected chi connectivity index (χ1v) is 5.50. The normalized spacial score (nSPS) is 12.9. The van der Waals surface area contributed by atoms with Crippen molar-refractivity contribution in [2.24, 2.45) is 5.92 Å². The minimum absolute atomic E-state index is 0.214. The van der Waals surface area contributed by atoms with Gasteiger partial charge in [-0.1, -0.05) is 11.6 Å². The van der Waals surface area contributed by atoms with Crippen molar-refractivity contribution in [3.63, 3.8) is 0 Å². The van der Waals surface area contributed by atoms with Gasteiger partial charge in [-0.15, -0.1) is 0 Å². The number of rotatable bonds is 5. The second-order valence-electron chi connectivity index (χ2n) is 3.66. The van der Waals surface area contributed by atoms with Crippen LogP contribution in [0.25, 0.3) is 0 Å². The predicted octanol–water partition coefficient (Wildman–Crippen LogP) is 3.02. The molecule has 1 atom stereocenters. The number of halogens is 4. The molecule has 0 amide bonds. The van der Waals surface area contributed by atoms with Crippen molar-refractivity contribution in [1.82, 2.24) is 0 Å². The lowest BCUT2D eigenvalue weighted by Gasteiger charge is -2.17. The molecule has 1 aromatic carbocycles. The smallest absolute Gasteiger partial charge is 0.403 e. The Balaban J connectivity index is 2.75. The number of alkyl halides is 3. The van der Waals surface area contributed by atoms with Crippen molar-refractivity contribution in [2.45, 2.75) is 6.18 Å². The molecule has 0 saturated heterocycles. The molecule has 2 N–H and O–H groups in total. The molecule has 19 heavy (non-hydrogen) atoms. The van der Waals surface area contributed by atoms with Gasteiger partial charge >= 0.3 is 12.1 Å². The maximum atomic E-state index is 12.4. The first-order chi connectivity index (χ1) is 8.75. The second-order valence-corrected chi connectivity index (χ2v) is 4.07. The van der Waals surface area contributed by atoms with E-state index in [1.165, 1.54) is 25.3 Å². The fourth-order valence-electron chi connectivity index (χ4n) is 1.34. The Morgan fingerprint density at radius 3 is 2.58 bits per heavy atom. The number of methoxy groups -OCH3 is 1. The summed E-state index contributed by atoms with van der Waals surface area (Å²) in [7, 11) is 1.40. The Morgan fingerprint density at radius 2 is 2.16 bits per heavy atom. The number of hydrogen-bond acceptors (Lipinski definition) is 3. The number of nitrogens with one attached hydrogen (secondary N) is 1. The molecule has 0 radical (unpaired) electrons. The number of hydrogen-bond donors (Lipinski definition) is 2. The zero-order valence-corrected chi connectivity index (χ0v) is 10.5. The van der Waals surface area contributed by atoms with Crippen molar-refractivity contribution in [1.29, 1.82) is 0 Å². The molecule has 1 unspecified atom stereocenters. The number of carbonyl (C=O) groups is 1. The van der Waals surface area contributed by atoms with E-state index in [4.69, 9.17) is 21.4 Å². The van der Waals surface area contributed by atoms with Gasteiger partial charge in [-0.25, -0.2) is 0 Å². The number of carboxylic acids is 1. The third-order valence-corrected chi connectivity index (χ3v) is 2.65. The van der Waals surface area contributed by atoms with Gasteiger partial charge in [0.15, 0.2) is 5.92 Å². The average Bonchev–Trinajstić information content (AvgIpc) is 2.27. The molecule has 0 aliphatic heterocycles. The summed E-state index contributed by atoms with van der Waals surface area (Å²) in [6.07, 6.45) is -4.81. The molecule has 0 fully saturated rings. The molecular weight excluding hydrogens is 287 g/mol. The Labute approximate surface area is 112 Å². The number of benzene rings is 1. The summed E-state index contributed by atoms with van der Waals surface area (Å²) in [5.74, 6) is -4.04. The standard InChI is InChI=1S/C11H11ClF3NO3/c1-19-9-3-2-6(4-8(9)12)16-5-7(10(17)18)11(13,14)15/h2-4,7,16H,5H2,1H3,(H,17,18). The topological polar surface area (TPSA) is 58.6 Å². The predicted molar refractivity (Wildman–Crippen MR) is 63.7 cm³/mol. The number of carboxylic acid groups (broad SMARTS) is 1. The minimum Gasteiger partial charge on any atom is -0.495 e. The van der Waals surface area contributed by atoms with Crippen LogP contribution in [-0.2, 0) is 4.79 Å². The van der Waals surface area contributed by atoms with E-state index in [-0.39, 0.29) is 10.7 Å². The molecule has 1 aromatic rings. The summed E-state index contributed by atoms with van der Waals surface area (Å²) < 4.78 is 42.1. The van der Waals surface area contributed by atoms with Crippen LogP contribution >= 0.6 is 11.6 Å². The van der Waals surface area contributed by atoms with E-state index in [0.29, 0.717) is 5.75 Å². The molecule has 8 heteroatoms. The second kappa shape index (κ2) is 6.01. The minimum atomic E-state index is -4.81. The monoisotopic (exact) mass is 297 g/mol. The van der Waals surface area contributed by atoms with Crippen LogP contribution in [0, 0.1) is 5.92 Å². The van der Waals surface area contributed by atoms with Gasteiger partial charge in [0.1, 0.15) is 5.75 Å². The highest BCUT2D eigenvalue weighted by molar-refractivity contribution is 6.32. The lowest BCUT2D eigenvalue weighted by Crippen LogP contribution is -2.36. The van der Waals surface area contributed by atoms with E-state index < -0.39 is 24.6 Å². The number of anilines is 1. The molecule has 106 valence electrons. The van der Waals surface area contributed by atoms with E-state index >= 15 is 0 Å². The molecule has 0 bridgehead atoms. The van der Waals surface area contributed by atoms with Crippen molar-refractivity contribution in [2.75, 3.05) is 19.0 Å². The molecule has 0 aliphatic carbocycles. The highest BCUT2D eigenvalue weighted by Crippen LogP contribution is 2.29. The summed E-state index contributed by atoms with van der Waals surface area (Å²) in [5, 5.41) is 11.1. The van der Waals surface area contributed by atoms with Crippen LogP contribution in [0.1, 0.15) is 0 Å². The van der Waals surface area contributed by atoms with Crippen molar-refractivity contribution < 1.29 is 27.8 Å². The number of aliphatic carboxylic acids is 1. The fourth-order valence-corrected chi connectivity index (χ4v) is 1.60. The molecule has 0 spiro atoms. The zero-order chi connectivity index (χ0) is 14.6. The third-order valence-electron chi connectivity index (χ3n) is 2.36. The van der Waals surface area contributed by atoms with Gasteiger partial charge in [-0.2, -0.15) is 13.2 Å². The SMILES string of the molecule is COc1ccc(NCC(C(=O)O)C(F)(F)F)cc1Cl. The molecule has 1 rings (SSSR count). The van der Waals surface area contributed by atoms with Crippen molar-refractivity contribution in [3.8, 4) is 5.75 Å². The summed E-state index contributed by atoms with van der Waals surface area (Å²) in [4.78, 5) is 10.5. The zero-order valence-electron chi connectivity index (χ0n) is 9.79. The number of ether oxygens (including phenoxy) is 1. The lowest BCUT2D eigenvalue weighted by atomic mass is 10.1. The highest BCUT2D eigenvalue weighted by Gasteiger charge is 2.44. The first-order valence-electron chi connectivity index (χ1n) is 5.12. The molecule has 0 saturated carbocycles.